The van der Waals surface area contributed by atoms with E-state index in [4.69, 9.17) is 18.9 Å². The molecule has 0 aliphatic carbocycles. The molecule has 29 heavy (non-hydrogen) atoms. The number of methoxy groups -OCH3 is 1. The zero-order chi connectivity index (χ0) is 20.2. The lowest BCUT2D eigenvalue weighted by Crippen LogP contribution is -2.40. The van der Waals surface area contributed by atoms with Crippen LogP contribution in [0.3, 0.4) is 0 Å². The monoisotopic (exact) mass is 398 g/mol. The quantitative estimate of drug-likeness (QED) is 0.789. The first kappa shape index (κ1) is 19.1. The molecule has 4 rings (SSSR count). The summed E-state index contributed by atoms with van der Waals surface area (Å²) >= 11 is 0. The highest BCUT2D eigenvalue weighted by atomic mass is 16.6. The zero-order valence-corrected chi connectivity index (χ0v) is 16.1. The summed E-state index contributed by atoms with van der Waals surface area (Å²) in [6.45, 7) is 2.82. The van der Waals surface area contributed by atoms with Crippen molar-refractivity contribution in [3.8, 4) is 11.5 Å². The van der Waals surface area contributed by atoms with Crippen LogP contribution in [-0.2, 0) is 14.3 Å². The summed E-state index contributed by atoms with van der Waals surface area (Å²) in [6.07, 6.45) is -0.825. The van der Waals surface area contributed by atoms with Gasteiger partial charge in [0.05, 0.1) is 31.6 Å². The number of morpholine rings is 1. The minimum atomic E-state index is -0.825. The van der Waals surface area contributed by atoms with Gasteiger partial charge in [0.1, 0.15) is 6.61 Å². The van der Waals surface area contributed by atoms with E-state index in [-0.39, 0.29) is 12.2 Å². The molecule has 0 spiro atoms. The molecule has 0 unspecified atom stereocenters. The molecule has 1 saturated heterocycles. The van der Waals surface area contributed by atoms with Gasteiger partial charge in [0.15, 0.2) is 11.5 Å². The summed E-state index contributed by atoms with van der Waals surface area (Å²) in [5.74, 6) is 0.182. The highest BCUT2D eigenvalue weighted by molar-refractivity contribution is 6.03. The number of nitrogens with zero attached hydrogens (tertiary/aromatic N) is 1. The number of hydrogen-bond donors (Lipinski definition) is 1. The zero-order valence-electron chi connectivity index (χ0n) is 16.1. The molecule has 0 radical (unpaired) electrons. The van der Waals surface area contributed by atoms with Gasteiger partial charge in [-0.1, -0.05) is 12.1 Å². The number of amides is 1. The van der Waals surface area contributed by atoms with Crippen LogP contribution in [0.5, 0.6) is 11.5 Å². The number of esters is 1. The topological polar surface area (TPSA) is 86.3 Å². The number of benzene rings is 2. The van der Waals surface area contributed by atoms with Gasteiger partial charge in [-0.2, -0.15) is 0 Å². The van der Waals surface area contributed by atoms with E-state index in [9.17, 15) is 9.59 Å². The van der Waals surface area contributed by atoms with E-state index < -0.39 is 18.0 Å². The minimum Gasteiger partial charge on any atom is -0.485 e. The number of rotatable bonds is 4. The minimum absolute atomic E-state index is 0.0856. The van der Waals surface area contributed by atoms with E-state index in [2.05, 4.69) is 10.2 Å². The molecular weight excluding hydrogens is 376 g/mol. The van der Waals surface area contributed by atoms with Gasteiger partial charge in [0.25, 0.3) is 5.91 Å². The van der Waals surface area contributed by atoms with Crippen LogP contribution < -0.4 is 19.7 Å². The Kier molecular flexibility index (Phi) is 5.53. The summed E-state index contributed by atoms with van der Waals surface area (Å²) in [6, 6.07) is 12.5. The first-order valence-corrected chi connectivity index (χ1v) is 9.40. The van der Waals surface area contributed by atoms with E-state index in [1.54, 1.807) is 24.3 Å². The lowest BCUT2D eigenvalue weighted by Gasteiger charge is -2.29. The number of anilines is 2. The molecule has 8 nitrogen and oxygen atoms in total. The molecule has 2 aromatic carbocycles. The summed E-state index contributed by atoms with van der Waals surface area (Å²) in [5, 5.41) is 2.77. The fraction of sp³-hybridized carbons (Fsp3) is 0.333. The highest BCUT2D eigenvalue weighted by Gasteiger charge is 2.28. The predicted octanol–water partition coefficient (Wildman–Crippen LogP) is 2.09. The normalized spacial score (nSPS) is 18.1. The van der Waals surface area contributed by atoms with E-state index >= 15 is 0 Å². The van der Waals surface area contributed by atoms with Gasteiger partial charge in [0.2, 0.25) is 6.10 Å². The number of carbonyl (C=O) groups is 2. The Hall–Kier alpha value is -3.26. The van der Waals surface area contributed by atoms with Crippen molar-refractivity contribution in [1.82, 2.24) is 0 Å². The average Bonchev–Trinajstić information content (AvgIpc) is 2.79. The number of fused-ring (bicyclic) bond motifs is 1. The Morgan fingerprint density at radius 3 is 2.62 bits per heavy atom. The molecule has 1 amide bonds. The van der Waals surface area contributed by atoms with Gasteiger partial charge in [-0.05, 0) is 30.3 Å². The van der Waals surface area contributed by atoms with Crippen LogP contribution in [0.4, 0.5) is 11.4 Å². The molecule has 2 aliphatic rings. The molecule has 2 aromatic rings. The van der Waals surface area contributed by atoms with Crippen molar-refractivity contribution in [2.75, 3.05) is 50.2 Å². The van der Waals surface area contributed by atoms with Crippen molar-refractivity contribution >= 4 is 23.3 Å². The maximum absolute atomic E-state index is 12.7. The van der Waals surface area contributed by atoms with Gasteiger partial charge < -0.3 is 29.2 Å². The van der Waals surface area contributed by atoms with Gasteiger partial charge in [-0.3, -0.25) is 4.79 Å². The maximum atomic E-state index is 12.7. The summed E-state index contributed by atoms with van der Waals surface area (Å²) in [4.78, 5) is 27.2. The van der Waals surface area contributed by atoms with Crippen LogP contribution in [0, 0.1) is 0 Å². The van der Waals surface area contributed by atoms with Crippen molar-refractivity contribution in [3.63, 3.8) is 0 Å². The number of para-hydroxylation sites is 2. The Bertz CT molecular complexity index is 910. The highest BCUT2D eigenvalue weighted by Crippen LogP contribution is 2.31. The van der Waals surface area contributed by atoms with E-state index in [1.807, 2.05) is 18.2 Å². The fourth-order valence-corrected chi connectivity index (χ4v) is 3.30. The molecule has 0 aromatic heterocycles. The third-order valence-electron chi connectivity index (χ3n) is 4.84. The van der Waals surface area contributed by atoms with Crippen molar-refractivity contribution in [1.29, 1.82) is 0 Å². The second kappa shape index (κ2) is 8.40. The summed E-state index contributed by atoms with van der Waals surface area (Å²) in [7, 11) is 1.31. The molecule has 152 valence electrons. The van der Waals surface area contributed by atoms with E-state index in [1.165, 1.54) is 7.11 Å². The van der Waals surface area contributed by atoms with Crippen LogP contribution in [0.15, 0.2) is 42.5 Å². The van der Waals surface area contributed by atoms with Crippen molar-refractivity contribution in [2.24, 2.45) is 0 Å². The standard InChI is InChI=1S/C21H22N2O6/c1-26-21(25)15-12-14(23-8-10-27-11-9-23)6-7-16(15)22-20(24)19-13-28-17-4-2-3-5-18(17)29-19/h2-7,12,19H,8-11,13H2,1H3,(H,22,24)/t19-/m0/s1. The summed E-state index contributed by atoms with van der Waals surface area (Å²) < 4.78 is 21.6. The van der Waals surface area contributed by atoms with E-state index in [0.717, 1.165) is 18.8 Å². The van der Waals surface area contributed by atoms with Crippen LogP contribution >= 0.6 is 0 Å². The third kappa shape index (κ3) is 4.12. The molecule has 0 saturated carbocycles. The van der Waals surface area contributed by atoms with Crippen LogP contribution in [-0.4, -0.2) is 58.0 Å². The molecule has 2 aliphatic heterocycles. The van der Waals surface area contributed by atoms with Gasteiger partial charge in [-0.25, -0.2) is 4.79 Å². The first-order valence-electron chi connectivity index (χ1n) is 9.40. The number of carbonyl (C=O) groups excluding carboxylic acids is 2. The Labute approximate surface area is 168 Å². The lowest BCUT2D eigenvalue weighted by atomic mass is 10.1. The van der Waals surface area contributed by atoms with Crippen LogP contribution in [0.1, 0.15) is 10.4 Å². The van der Waals surface area contributed by atoms with Crippen molar-refractivity contribution in [2.45, 2.75) is 6.10 Å². The second-order valence-corrected chi connectivity index (χ2v) is 6.67. The molecule has 8 heteroatoms. The smallest absolute Gasteiger partial charge is 0.340 e. The SMILES string of the molecule is COC(=O)c1cc(N2CCOCC2)ccc1NC(=O)[C@@H]1COc2ccccc2O1. The maximum Gasteiger partial charge on any atom is 0.340 e. The third-order valence-corrected chi connectivity index (χ3v) is 4.84. The average molecular weight is 398 g/mol. The van der Waals surface area contributed by atoms with Gasteiger partial charge >= 0.3 is 5.97 Å². The summed E-state index contributed by atoms with van der Waals surface area (Å²) in [5.41, 5.74) is 1.51. The predicted molar refractivity (Wildman–Crippen MR) is 106 cm³/mol. The molecule has 1 N–H and O–H groups in total. The largest absolute Gasteiger partial charge is 0.485 e. The Morgan fingerprint density at radius 2 is 1.86 bits per heavy atom. The molecule has 2 heterocycles. The van der Waals surface area contributed by atoms with Crippen molar-refractivity contribution < 1.29 is 28.5 Å². The van der Waals surface area contributed by atoms with Gasteiger partial charge in [0, 0.05) is 18.8 Å². The Balaban J connectivity index is 1.53. The number of ether oxygens (including phenoxy) is 4. The second-order valence-electron chi connectivity index (χ2n) is 6.67. The van der Waals surface area contributed by atoms with Crippen LogP contribution in [0.25, 0.3) is 0 Å². The molecular formula is C21H22N2O6. The Morgan fingerprint density at radius 1 is 1.10 bits per heavy atom. The van der Waals surface area contributed by atoms with E-state index in [0.29, 0.717) is 30.4 Å². The fourth-order valence-electron chi connectivity index (χ4n) is 3.30. The molecule has 0 bridgehead atoms. The first-order chi connectivity index (χ1) is 14.2. The molecule has 1 fully saturated rings. The number of nitrogens with one attached hydrogen (secondary N) is 1. The lowest BCUT2D eigenvalue weighted by molar-refractivity contribution is -0.125. The molecule has 1 atom stereocenters. The van der Waals surface area contributed by atoms with Crippen molar-refractivity contribution in [3.05, 3.63) is 48.0 Å². The number of hydrogen-bond acceptors (Lipinski definition) is 7. The van der Waals surface area contributed by atoms with Crippen LogP contribution in [0.2, 0.25) is 0 Å². The van der Waals surface area contributed by atoms with Gasteiger partial charge in [-0.15, -0.1) is 0 Å².